The van der Waals surface area contributed by atoms with Crippen LogP contribution >= 0.6 is 0 Å². The number of carbonyl (C=O) groups is 5. The van der Waals surface area contributed by atoms with Gasteiger partial charge in [-0.3, -0.25) is 19.4 Å². The summed E-state index contributed by atoms with van der Waals surface area (Å²) in [7, 11) is 0. The average Bonchev–Trinajstić information content (AvgIpc) is 3.74. The quantitative estimate of drug-likeness (QED) is 0.185. The van der Waals surface area contributed by atoms with Crippen molar-refractivity contribution in [2.75, 3.05) is 0 Å². The minimum absolute atomic E-state index is 0.0471. The maximum absolute atomic E-state index is 13.6. The number of carboxylic acid groups (broad SMARTS) is 4. The number of allylic oxidation sites excluding steroid dienone is 10. The number of aliphatic imine (C=N–C) groups is 4. The molecule has 14 heteroatoms. The summed E-state index contributed by atoms with van der Waals surface area (Å²) in [5.74, 6) is -7.41. The highest BCUT2D eigenvalue weighted by Crippen LogP contribution is 2.42. The van der Waals surface area contributed by atoms with E-state index in [4.69, 9.17) is 20.0 Å². The summed E-state index contributed by atoms with van der Waals surface area (Å²) < 4.78 is 0. The summed E-state index contributed by atoms with van der Waals surface area (Å²) in [5, 5.41) is 41.3. The first-order valence-corrected chi connectivity index (χ1v) is 16.7. The number of hydrogen-bond acceptors (Lipinski definition) is 9. The van der Waals surface area contributed by atoms with E-state index in [9.17, 15) is 44.4 Å². The predicted molar refractivity (Wildman–Crippen MR) is 193 cm³/mol. The van der Waals surface area contributed by atoms with E-state index in [1.165, 1.54) is 0 Å². The van der Waals surface area contributed by atoms with Crippen molar-refractivity contribution in [3.63, 3.8) is 0 Å². The van der Waals surface area contributed by atoms with Crippen molar-refractivity contribution in [2.24, 2.45) is 31.8 Å². The lowest BCUT2D eigenvalue weighted by Crippen LogP contribution is -2.42. The molecule has 0 spiro atoms. The Labute approximate surface area is 299 Å². The third-order valence-corrected chi connectivity index (χ3v) is 9.81. The fourth-order valence-corrected chi connectivity index (χ4v) is 7.00. The van der Waals surface area contributed by atoms with E-state index in [0.717, 1.165) is 22.3 Å². The molecule has 14 nitrogen and oxygen atoms in total. The van der Waals surface area contributed by atoms with E-state index in [2.05, 4.69) is 11.9 Å². The summed E-state index contributed by atoms with van der Waals surface area (Å²) in [4.78, 5) is 81.1. The van der Waals surface area contributed by atoms with Crippen LogP contribution in [0.25, 0.3) is 0 Å². The molecule has 0 aromatic heterocycles. The molecule has 0 aliphatic carbocycles. The van der Waals surface area contributed by atoms with Crippen molar-refractivity contribution in [1.29, 1.82) is 0 Å². The van der Waals surface area contributed by atoms with E-state index >= 15 is 0 Å². The van der Waals surface area contributed by atoms with Gasteiger partial charge in [-0.1, -0.05) is 26.5 Å². The van der Waals surface area contributed by atoms with Crippen LogP contribution in [0.15, 0.2) is 113 Å². The second kappa shape index (κ2) is 14.7. The Morgan fingerprint density at radius 3 is 2.08 bits per heavy atom. The van der Waals surface area contributed by atoms with Gasteiger partial charge >= 0.3 is 23.9 Å². The van der Waals surface area contributed by atoms with Crippen LogP contribution in [-0.4, -0.2) is 79.1 Å². The number of carbonyl (C=O) groups excluding carboxylic acids is 1. The van der Waals surface area contributed by atoms with Crippen LogP contribution in [-0.2, 0) is 24.0 Å². The molecule has 0 aromatic rings. The van der Waals surface area contributed by atoms with Gasteiger partial charge in [0.2, 0.25) is 5.91 Å². The molecule has 0 saturated carbocycles. The van der Waals surface area contributed by atoms with Crippen LogP contribution in [0.1, 0.15) is 66.7 Å². The molecule has 270 valence electrons. The molecule has 3 atom stereocenters. The Morgan fingerprint density at radius 2 is 1.48 bits per heavy atom. The Hall–Kier alpha value is -6.05. The lowest BCUT2D eigenvalue weighted by Gasteiger charge is -2.20. The van der Waals surface area contributed by atoms with Gasteiger partial charge in [-0.15, -0.1) is 0 Å². The summed E-state index contributed by atoms with van der Waals surface area (Å²) in [6.45, 7) is 13.2. The second-order valence-corrected chi connectivity index (χ2v) is 13.0. The van der Waals surface area contributed by atoms with E-state index < -0.39 is 60.5 Å². The maximum atomic E-state index is 13.6. The number of aliphatic carboxylic acids is 4. The summed E-state index contributed by atoms with van der Waals surface area (Å²) in [6, 6.07) is -1.78. The number of carboxylic acids is 4. The van der Waals surface area contributed by atoms with E-state index in [0.29, 0.717) is 34.9 Å². The SMILES string of the molecule is C=CC1=C(C)C2=CC3=NC(=C(CC(=O)NC(CC(=O)O)C(=O)O)C4=NC(=CC5=NC(=CC1=N2)C(C)=C5CC)C(C)=C4C(=O)O)C(CCC(=O)O)C3C. The third kappa shape index (κ3) is 7.09. The molecular weight excluding hydrogens is 670 g/mol. The zero-order chi connectivity index (χ0) is 38.2. The molecular formula is C38H39N5O9. The minimum atomic E-state index is -1.78. The maximum Gasteiger partial charge on any atom is 0.338 e. The fraction of sp³-hybridized carbons (Fsp3) is 0.342. The van der Waals surface area contributed by atoms with Gasteiger partial charge in [-0.25, -0.2) is 24.6 Å². The van der Waals surface area contributed by atoms with Gasteiger partial charge < -0.3 is 25.7 Å². The van der Waals surface area contributed by atoms with Crippen LogP contribution < -0.4 is 5.32 Å². The monoisotopic (exact) mass is 709 g/mol. The van der Waals surface area contributed by atoms with Gasteiger partial charge in [-0.05, 0) is 74.1 Å². The fourth-order valence-electron chi connectivity index (χ4n) is 7.00. The van der Waals surface area contributed by atoms with Gasteiger partial charge in [0.15, 0.2) is 0 Å². The molecule has 5 rings (SSSR count). The highest BCUT2D eigenvalue weighted by molar-refractivity contribution is 6.30. The number of rotatable bonds is 12. The number of amides is 1. The molecule has 52 heavy (non-hydrogen) atoms. The van der Waals surface area contributed by atoms with E-state index in [1.807, 2.05) is 33.8 Å². The lowest BCUT2D eigenvalue weighted by atomic mass is 9.83. The summed E-state index contributed by atoms with van der Waals surface area (Å²) in [5.41, 5.74) is 6.88. The van der Waals surface area contributed by atoms with Gasteiger partial charge in [0.1, 0.15) is 6.04 Å². The number of nitrogens with one attached hydrogen (secondary N) is 1. The van der Waals surface area contributed by atoms with Crippen molar-refractivity contribution < 1.29 is 44.4 Å². The van der Waals surface area contributed by atoms with Gasteiger partial charge in [0.05, 0.1) is 58.3 Å². The summed E-state index contributed by atoms with van der Waals surface area (Å²) >= 11 is 0. The van der Waals surface area contributed by atoms with Crippen molar-refractivity contribution in [3.8, 4) is 0 Å². The molecule has 8 bridgehead atoms. The van der Waals surface area contributed by atoms with Crippen molar-refractivity contribution in [3.05, 3.63) is 92.7 Å². The standard InChI is InChI=1S/C38H39N5O9/c1-7-20-16(3)24-12-26-18(5)22(9-10-32(45)46)35(42-26)23(11-31(44)41-30(37(49)50)15-33(47)48)36-34(38(51)52)19(6)27(43-36)14-29-21(8-2)17(4)25(40-29)13-28(20)39-24/h7,12-14,18,22,30H,1,8-11,15H2,2-6H3,(H,41,44)(H,45,46)(H,47,48)(H,49,50)(H,51,52). The van der Waals surface area contributed by atoms with E-state index in [1.54, 1.807) is 25.2 Å². The third-order valence-electron chi connectivity index (χ3n) is 9.81. The molecule has 1 amide bonds. The Morgan fingerprint density at radius 1 is 0.846 bits per heavy atom. The molecule has 5 aliphatic heterocycles. The van der Waals surface area contributed by atoms with Crippen LogP contribution in [0, 0.1) is 11.8 Å². The molecule has 0 radical (unpaired) electrons. The molecule has 0 aromatic carbocycles. The Bertz CT molecular complexity index is 2090. The van der Waals surface area contributed by atoms with Gasteiger partial charge in [-0.2, -0.15) is 0 Å². The minimum Gasteiger partial charge on any atom is -0.481 e. The van der Waals surface area contributed by atoms with Crippen LogP contribution in [0.2, 0.25) is 0 Å². The second-order valence-electron chi connectivity index (χ2n) is 13.0. The first-order valence-electron chi connectivity index (χ1n) is 16.7. The predicted octanol–water partition coefficient (Wildman–Crippen LogP) is 4.91. The Kier molecular flexibility index (Phi) is 10.5. The van der Waals surface area contributed by atoms with Crippen LogP contribution in [0.3, 0.4) is 0 Å². The first kappa shape index (κ1) is 37.2. The molecule has 0 fully saturated rings. The highest BCUT2D eigenvalue weighted by Gasteiger charge is 2.39. The zero-order valence-corrected chi connectivity index (χ0v) is 29.4. The summed E-state index contributed by atoms with van der Waals surface area (Å²) in [6.07, 6.45) is 5.92. The number of hydrogen-bond donors (Lipinski definition) is 5. The van der Waals surface area contributed by atoms with Crippen molar-refractivity contribution in [1.82, 2.24) is 5.32 Å². The van der Waals surface area contributed by atoms with Crippen LogP contribution in [0.4, 0.5) is 0 Å². The normalized spacial score (nSPS) is 21.6. The van der Waals surface area contributed by atoms with Gasteiger partial charge in [0.25, 0.3) is 0 Å². The van der Waals surface area contributed by atoms with Crippen molar-refractivity contribution in [2.45, 2.75) is 72.8 Å². The van der Waals surface area contributed by atoms with Gasteiger partial charge in [0, 0.05) is 35.1 Å². The first-order chi connectivity index (χ1) is 24.6. The zero-order valence-electron chi connectivity index (χ0n) is 29.4. The largest absolute Gasteiger partial charge is 0.481 e. The van der Waals surface area contributed by atoms with Crippen LogP contribution in [0.5, 0.6) is 0 Å². The molecule has 0 saturated heterocycles. The molecule has 3 unspecified atom stereocenters. The van der Waals surface area contributed by atoms with E-state index in [-0.39, 0.29) is 46.7 Å². The highest BCUT2D eigenvalue weighted by atomic mass is 16.4. The molecule has 5 heterocycles. The number of fused-ring (bicyclic) bond motifs is 4. The smallest absolute Gasteiger partial charge is 0.338 e. The molecule has 5 aliphatic rings. The average molecular weight is 710 g/mol. The molecule has 5 N–H and O–H groups in total. The lowest BCUT2D eigenvalue weighted by molar-refractivity contribution is -0.147. The number of nitrogens with zero attached hydrogens (tertiary/aromatic N) is 4. The topological polar surface area (TPSA) is 228 Å². The van der Waals surface area contributed by atoms with Crippen molar-refractivity contribution >= 4 is 52.6 Å². The Balaban J connectivity index is 1.84.